The Morgan fingerprint density at radius 3 is 2.90 bits per heavy atom. The first-order valence-electron chi connectivity index (χ1n) is 6.10. The van der Waals surface area contributed by atoms with Crippen molar-refractivity contribution >= 4 is 39.7 Å². The molecule has 1 amide bonds. The quantitative estimate of drug-likeness (QED) is 0.824. The number of hydrogen-bond donors (Lipinski definition) is 2. The largest absolute Gasteiger partial charge is 0.481 e. The SMILES string of the molecule is O=C(O)CCCc1csc(NC(=O)Cc2ccsc2)n1. The Bertz CT molecular complexity index is 578. The fourth-order valence-electron chi connectivity index (χ4n) is 1.64. The van der Waals surface area contributed by atoms with Gasteiger partial charge in [0.05, 0.1) is 12.1 Å². The molecule has 0 atom stereocenters. The molecule has 2 heterocycles. The third kappa shape index (κ3) is 4.75. The molecule has 5 nitrogen and oxygen atoms in total. The lowest BCUT2D eigenvalue weighted by Crippen LogP contribution is -2.13. The van der Waals surface area contributed by atoms with Gasteiger partial charge in [0.25, 0.3) is 0 Å². The van der Waals surface area contributed by atoms with Crippen LogP contribution in [0.5, 0.6) is 0 Å². The number of anilines is 1. The number of carboxylic acid groups (broad SMARTS) is 1. The molecule has 0 saturated carbocycles. The maximum atomic E-state index is 11.8. The van der Waals surface area contributed by atoms with Gasteiger partial charge in [-0.2, -0.15) is 11.3 Å². The number of hydrogen-bond acceptors (Lipinski definition) is 5. The predicted octanol–water partition coefficient (Wildman–Crippen LogP) is 2.79. The Morgan fingerprint density at radius 2 is 2.20 bits per heavy atom. The summed E-state index contributed by atoms with van der Waals surface area (Å²) in [6.45, 7) is 0. The van der Waals surface area contributed by atoms with Gasteiger partial charge in [0.2, 0.25) is 5.91 Å². The van der Waals surface area contributed by atoms with Crippen molar-refractivity contribution in [3.8, 4) is 0 Å². The summed E-state index contributed by atoms with van der Waals surface area (Å²) in [5.41, 5.74) is 1.81. The van der Waals surface area contributed by atoms with E-state index in [4.69, 9.17) is 5.11 Å². The molecule has 0 spiro atoms. The van der Waals surface area contributed by atoms with Gasteiger partial charge in [0.1, 0.15) is 0 Å². The number of thiazole rings is 1. The first-order chi connectivity index (χ1) is 9.63. The highest BCUT2D eigenvalue weighted by atomic mass is 32.1. The van der Waals surface area contributed by atoms with Crippen LogP contribution in [0, 0.1) is 0 Å². The van der Waals surface area contributed by atoms with Crippen LogP contribution in [0.1, 0.15) is 24.1 Å². The lowest BCUT2D eigenvalue weighted by atomic mass is 10.2. The third-order valence-electron chi connectivity index (χ3n) is 2.57. The van der Waals surface area contributed by atoms with Crippen LogP contribution in [0.3, 0.4) is 0 Å². The second kappa shape index (κ2) is 7.16. The van der Waals surface area contributed by atoms with Crippen LogP contribution in [0.15, 0.2) is 22.2 Å². The summed E-state index contributed by atoms with van der Waals surface area (Å²) >= 11 is 2.92. The molecule has 0 saturated heterocycles. The Hall–Kier alpha value is -1.73. The molecular formula is C13H14N2O3S2. The van der Waals surface area contributed by atoms with Crippen LogP contribution in [0.2, 0.25) is 0 Å². The normalized spacial score (nSPS) is 10.4. The van der Waals surface area contributed by atoms with E-state index >= 15 is 0 Å². The highest BCUT2D eigenvalue weighted by Crippen LogP contribution is 2.17. The lowest BCUT2D eigenvalue weighted by Gasteiger charge is -1.99. The number of carbonyl (C=O) groups excluding carboxylic acids is 1. The van der Waals surface area contributed by atoms with E-state index in [1.54, 1.807) is 11.3 Å². The van der Waals surface area contributed by atoms with Crippen LogP contribution in [-0.4, -0.2) is 22.0 Å². The summed E-state index contributed by atoms with van der Waals surface area (Å²) < 4.78 is 0. The molecule has 0 aromatic carbocycles. The standard InChI is InChI=1S/C13H14N2O3S2/c16-11(6-9-4-5-19-7-9)15-13-14-10(8-20-13)2-1-3-12(17)18/h4-5,7-8H,1-3,6H2,(H,17,18)(H,14,15,16). The molecule has 0 aliphatic carbocycles. The number of amides is 1. The van der Waals surface area contributed by atoms with Gasteiger partial charge in [-0.15, -0.1) is 11.3 Å². The van der Waals surface area contributed by atoms with Crippen molar-refractivity contribution in [3.63, 3.8) is 0 Å². The van der Waals surface area contributed by atoms with Crippen molar-refractivity contribution in [3.05, 3.63) is 33.5 Å². The van der Waals surface area contributed by atoms with Gasteiger partial charge in [0.15, 0.2) is 5.13 Å². The summed E-state index contributed by atoms with van der Waals surface area (Å²) in [6, 6.07) is 1.92. The summed E-state index contributed by atoms with van der Waals surface area (Å²) in [4.78, 5) is 26.5. The van der Waals surface area contributed by atoms with E-state index in [9.17, 15) is 9.59 Å². The molecule has 0 aliphatic rings. The van der Waals surface area contributed by atoms with Gasteiger partial charge in [-0.3, -0.25) is 9.59 Å². The third-order valence-corrected chi connectivity index (χ3v) is 4.11. The highest BCUT2D eigenvalue weighted by molar-refractivity contribution is 7.13. The Labute approximate surface area is 124 Å². The van der Waals surface area contributed by atoms with Crippen molar-refractivity contribution in [2.45, 2.75) is 25.7 Å². The molecule has 0 radical (unpaired) electrons. The predicted molar refractivity (Wildman–Crippen MR) is 79.3 cm³/mol. The minimum atomic E-state index is -0.801. The Kier molecular flexibility index (Phi) is 5.25. The molecule has 2 N–H and O–H groups in total. The zero-order chi connectivity index (χ0) is 14.4. The van der Waals surface area contributed by atoms with Gasteiger partial charge in [-0.25, -0.2) is 4.98 Å². The minimum Gasteiger partial charge on any atom is -0.481 e. The topological polar surface area (TPSA) is 79.3 Å². The smallest absolute Gasteiger partial charge is 0.303 e. The molecule has 0 bridgehead atoms. The van der Waals surface area contributed by atoms with Crippen molar-refractivity contribution in [1.29, 1.82) is 0 Å². The number of aliphatic carboxylic acids is 1. The molecule has 2 aromatic rings. The van der Waals surface area contributed by atoms with Crippen LogP contribution in [0.25, 0.3) is 0 Å². The first kappa shape index (κ1) is 14.7. The van der Waals surface area contributed by atoms with E-state index < -0.39 is 5.97 Å². The number of carbonyl (C=O) groups is 2. The Morgan fingerprint density at radius 1 is 1.35 bits per heavy atom. The molecule has 0 unspecified atom stereocenters. The molecule has 2 rings (SSSR count). The van der Waals surface area contributed by atoms with Crippen molar-refractivity contribution in [2.24, 2.45) is 0 Å². The monoisotopic (exact) mass is 310 g/mol. The van der Waals surface area contributed by atoms with E-state index in [0.717, 1.165) is 11.3 Å². The molecule has 20 heavy (non-hydrogen) atoms. The van der Waals surface area contributed by atoms with E-state index in [2.05, 4.69) is 10.3 Å². The van der Waals surface area contributed by atoms with Crippen molar-refractivity contribution in [1.82, 2.24) is 4.98 Å². The average molecular weight is 310 g/mol. The number of aromatic nitrogens is 1. The van der Waals surface area contributed by atoms with Gasteiger partial charge in [-0.05, 0) is 35.2 Å². The second-order valence-corrected chi connectivity index (χ2v) is 5.89. The number of aryl methyl sites for hydroxylation is 1. The lowest BCUT2D eigenvalue weighted by molar-refractivity contribution is -0.137. The second-order valence-electron chi connectivity index (χ2n) is 4.25. The number of rotatable bonds is 7. The van der Waals surface area contributed by atoms with E-state index in [1.165, 1.54) is 11.3 Å². The molecule has 106 valence electrons. The summed E-state index contributed by atoms with van der Waals surface area (Å²) in [5.74, 6) is -0.889. The summed E-state index contributed by atoms with van der Waals surface area (Å²) in [6.07, 6.45) is 1.65. The van der Waals surface area contributed by atoms with Crippen molar-refractivity contribution < 1.29 is 14.7 Å². The number of thiophene rings is 1. The fourth-order valence-corrected chi connectivity index (χ4v) is 3.07. The molecule has 2 aromatic heterocycles. The van der Waals surface area contributed by atoms with Crippen molar-refractivity contribution in [2.75, 3.05) is 5.32 Å². The van der Waals surface area contributed by atoms with Crippen LogP contribution >= 0.6 is 22.7 Å². The van der Waals surface area contributed by atoms with Crippen LogP contribution in [0.4, 0.5) is 5.13 Å². The number of nitrogens with zero attached hydrogens (tertiary/aromatic N) is 1. The van der Waals surface area contributed by atoms with E-state index in [-0.39, 0.29) is 12.3 Å². The first-order valence-corrected chi connectivity index (χ1v) is 7.93. The molecular weight excluding hydrogens is 296 g/mol. The average Bonchev–Trinajstić information content (AvgIpc) is 3.01. The van der Waals surface area contributed by atoms with E-state index in [0.29, 0.717) is 24.4 Å². The molecule has 7 heteroatoms. The number of nitrogens with one attached hydrogen (secondary N) is 1. The zero-order valence-electron chi connectivity index (χ0n) is 10.7. The highest BCUT2D eigenvalue weighted by Gasteiger charge is 2.08. The van der Waals surface area contributed by atoms with Gasteiger partial charge in [0, 0.05) is 11.8 Å². The van der Waals surface area contributed by atoms with Crippen LogP contribution in [-0.2, 0) is 22.4 Å². The summed E-state index contributed by atoms with van der Waals surface area (Å²) in [5, 5.41) is 17.6. The summed E-state index contributed by atoms with van der Waals surface area (Å²) in [7, 11) is 0. The van der Waals surface area contributed by atoms with Gasteiger partial charge in [-0.1, -0.05) is 0 Å². The zero-order valence-corrected chi connectivity index (χ0v) is 12.3. The number of carboxylic acids is 1. The minimum absolute atomic E-state index is 0.0881. The molecule has 0 aliphatic heterocycles. The fraction of sp³-hybridized carbons (Fsp3) is 0.308. The maximum absolute atomic E-state index is 11.8. The maximum Gasteiger partial charge on any atom is 0.303 e. The van der Waals surface area contributed by atoms with E-state index in [1.807, 2.05) is 22.2 Å². The Balaban J connectivity index is 1.80. The molecule has 0 fully saturated rings. The van der Waals surface area contributed by atoms with Gasteiger partial charge >= 0.3 is 5.97 Å². The van der Waals surface area contributed by atoms with Gasteiger partial charge < -0.3 is 10.4 Å². The van der Waals surface area contributed by atoms with Crippen LogP contribution < -0.4 is 5.32 Å².